The monoisotopic (exact) mass is 373 g/mol. The first-order valence-corrected chi connectivity index (χ1v) is 8.14. The van der Waals surface area contributed by atoms with Crippen LogP contribution in [-0.4, -0.2) is 19.6 Å². The van der Waals surface area contributed by atoms with Crippen LogP contribution in [0.3, 0.4) is 0 Å². The van der Waals surface area contributed by atoms with E-state index in [1.54, 1.807) is 24.3 Å². The molecule has 2 aromatic carbocycles. The molecule has 134 valence electrons. The lowest BCUT2D eigenvalue weighted by Gasteiger charge is -2.08. The average Bonchev–Trinajstić information content (AvgIpc) is 2.62. The lowest BCUT2D eigenvalue weighted by molar-refractivity contribution is -0.112. The molecule has 0 aliphatic carbocycles. The molecule has 0 spiro atoms. The van der Waals surface area contributed by atoms with Gasteiger partial charge in [-0.15, -0.1) is 0 Å². The minimum Gasteiger partial charge on any atom is -0.495 e. The number of nitriles is 1. The van der Waals surface area contributed by atoms with Crippen LogP contribution in [0.15, 0.2) is 54.2 Å². The highest BCUT2D eigenvalue weighted by Crippen LogP contribution is 2.27. The highest BCUT2D eigenvalue weighted by atomic mass is 35.5. The Morgan fingerprint density at radius 1 is 1.35 bits per heavy atom. The van der Waals surface area contributed by atoms with Crippen molar-refractivity contribution in [3.8, 4) is 11.8 Å². The quantitative estimate of drug-likeness (QED) is 0.441. The normalized spacial score (nSPS) is 10.8. The zero-order chi connectivity index (χ0) is 18.9. The van der Waals surface area contributed by atoms with Gasteiger partial charge in [0, 0.05) is 18.4 Å². The predicted octanol–water partition coefficient (Wildman–Crippen LogP) is 3.67. The minimum atomic E-state index is -0.563. The van der Waals surface area contributed by atoms with Crippen molar-refractivity contribution in [3.05, 3.63) is 70.6 Å². The van der Waals surface area contributed by atoms with E-state index in [9.17, 15) is 9.18 Å². The number of amides is 1. The molecule has 0 aromatic heterocycles. The SMILES string of the molecule is COc1ccc(NC(=O)/C(C#N)=C\NCCc2cccc(F)c2)cc1Cl. The molecule has 0 heterocycles. The lowest BCUT2D eigenvalue weighted by Crippen LogP contribution is -2.18. The number of rotatable bonds is 7. The molecule has 1 amide bonds. The molecule has 5 nitrogen and oxygen atoms in total. The van der Waals surface area contributed by atoms with E-state index in [-0.39, 0.29) is 11.4 Å². The zero-order valence-corrected chi connectivity index (χ0v) is 14.8. The summed E-state index contributed by atoms with van der Waals surface area (Å²) in [6.07, 6.45) is 1.89. The van der Waals surface area contributed by atoms with Crippen molar-refractivity contribution in [3.63, 3.8) is 0 Å². The van der Waals surface area contributed by atoms with E-state index < -0.39 is 5.91 Å². The maximum absolute atomic E-state index is 13.1. The van der Waals surface area contributed by atoms with Crippen molar-refractivity contribution in [2.75, 3.05) is 19.0 Å². The molecular weight excluding hydrogens is 357 g/mol. The van der Waals surface area contributed by atoms with Crippen LogP contribution in [0.5, 0.6) is 5.75 Å². The van der Waals surface area contributed by atoms with Gasteiger partial charge in [0.15, 0.2) is 0 Å². The molecule has 0 saturated heterocycles. The van der Waals surface area contributed by atoms with Crippen molar-refractivity contribution in [1.82, 2.24) is 5.32 Å². The molecule has 0 bridgehead atoms. The van der Waals surface area contributed by atoms with Gasteiger partial charge in [-0.25, -0.2) is 4.39 Å². The number of carbonyl (C=O) groups is 1. The van der Waals surface area contributed by atoms with Crippen LogP contribution in [0.4, 0.5) is 10.1 Å². The molecule has 2 N–H and O–H groups in total. The fourth-order valence-electron chi connectivity index (χ4n) is 2.17. The van der Waals surface area contributed by atoms with Gasteiger partial charge in [0.05, 0.1) is 12.1 Å². The average molecular weight is 374 g/mol. The van der Waals surface area contributed by atoms with Crippen LogP contribution in [0.2, 0.25) is 5.02 Å². The molecule has 0 saturated carbocycles. The predicted molar refractivity (Wildman–Crippen MR) is 98.4 cm³/mol. The Bertz CT molecular complexity index is 862. The summed E-state index contributed by atoms with van der Waals surface area (Å²) in [5.41, 5.74) is 1.18. The van der Waals surface area contributed by atoms with E-state index >= 15 is 0 Å². The summed E-state index contributed by atoms with van der Waals surface area (Å²) in [5.74, 6) is -0.375. The Labute approximate surface area is 156 Å². The molecule has 0 aliphatic heterocycles. The van der Waals surface area contributed by atoms with Crippen LogP contribution >= 0.6 is 11.6 Å². The van der Waals surface area contributed by atoms with Crippen LogP contribution < -0.4 is 15.4 Å². The van der Waals surface area contributed by atoms with E-state index in [1.165, 1.54) is 31.5 Å². The Morgan fingerprint density at radius 2 is 2.15 bits per heavy atom. The number of nitrogens with one attached hydrogen (secondary N) is 2. The Morgan fingerprint density at radius 3 is 2.81 bits per heavy atom. The molecular formula is C19H17ClFN3O2. The Hall–Kier alpha value is -3.04. The van der Waals surface area contributed by atoms with Crippen LogP contribution in [0.1, 0.15) is 5.56 Å². The maximum atomic E-state index is 13.1. The van der Waals surface area contributed by atoms with Crippen molar-refractivity contribution in [2.24, 2.45) is 0 Å². The third-order valence-electron chi connectivity index (χ3n) is 3.47. The number of nitrogens with zero attached hydrogens (tertiary/aromatic N) is 1. The second-order valence-corrected chi connectivity index (χ2v) is 5.71. The number of benzene rings is 2. The summed E-state index contributed by atoms with van der Waals surface area (Å²) in [5, 5.41) is 15.0. The van der Waals surface area contributed by atoms with Gasteiger partial charge in [-0.3, -0.25) is 4.79 Å². The van der Waals surface area contributed by atoms with Gasteiger partial charge in [0.2, 0.25) is 0 Å². The van der Waals surface area contributed by atoms with E-state index in [0.717, 1.165) is 5.56 Å². The summed E-state index contributed by atoms with van der Waals surface area (Å²) in [7, 11) is 1.49. The standard InChI is InChI=1S/C19H17ClFN3O2/c1-26-18-6-5-16(10-17(18)20)24-19(25)14(11-22)12-23-8-7-13-3-2-4-15(21)9-13/h2-6,9-10,12,23H,7-8H2,1H3,(H,24,25)/b14-12-. The number of hydrogen-bond donors (Lipinski definition) is 2. The first-order valence-electron chi connectivity index (χ1n) is 7.76. The first kappa shape index (κ1) is 19.3. The molecule has 0 radical (unpaired) electrons. The summed E-state index contributed by atoms with van der Waals surface area (Å²) in [4.78, 5) is 12.2. The van der Waals surface area contributed by atoms with Crippen molar-refractivity contribution < 1.29 is 13.9 Å². The van der Waals surface area contributed by atoms with Gasteiger partial charge in [-0.2, -0.15) is 5.26 Å². The molecule has 2 rings (SSSR count). The van der Waals surface area contributed by atoms with Crippen LogP contribution in [-0.2, 0) is 11.2 Å². The third kappa shape index (κ3) is 5.50. The smallest absolute Gasteiger partial charge is 0.267 e. The first-order chi connectivity index (χ1) is 12.5. The molecule has 0 fully saturated rings. The Balaban J connectivity index is 1.92. The fraction of sp³-hybridized carbons (Fsp3) is 0.158. The largest absolute Gasteiger partial charge is 0.495 e. The van der Waals surface area contributed by atoms with Crippen molar-refractivity contribution in [1.29, 1.82) is 5.26 Å². The number of ether oxygens (including phenoxy) is 1. The molecule has 26 heavy (non-hydrogen) atoms. The number of methoxy groups -OCH3 is 1. The molecule has 0 atom stereocenters. The van der Waals surface area contributed by atoms with Crippen molar-refractivity contribution >= 4 is 23.2 Å². The summed E-state index contributed by atoms with van der Waals surface area (Å²) in [6.45, 7) is 0.455. The van der Waals surface area contributed by atoms with Gasteiger partial charge < -0.3 is 15.4 Å². The van der Waals surface area contributed by atoms with E-state index in [1.807, 2.05) is 6.07 Å². The second kappa shape index (κ2) is 9.44. The van der Waals surface area contributed by atoms with Crippen LogP contribution in [0.25, 0.3) is 0 Å². The van der Waals surface area contributed by atoms with Crippen LogP contribution in [0, 0.1) is 17.1 Å². The molecule has 0 unspecified atom stereocenters. The third-order valence-corrected chi connectivity index (χ3v) is 3.76. The van der Waals surface area contributed by atoms with Gasteiger partial charge >= 0.3 is 0 Å². The fourth-order valence-corrected chi connectivity index (χ4v) is 2.43. The minimum absolute atomic E-state index is 0.0869. The molecule has 7 heteroatoms. The summed E-state index contributed by atoms with van der Waals surface area (Å²) < 4.78 is 18.1. The van der Waals surface area contributed by atoms with Gasteiger partial charge in [-0.1, -0.05) is 23.7 Å². The number of halogens is 2. The summed E-state index contributed by atoms with van der Waals surface area (Å²) >= 11 is 6.00. The van der Waals surface area contributed by atoms with Gasteiger partial charge in [-0.05, 0) is 42.3 Å². The van der Waals surface area contributed by atoms with E-state index in [0.29, 0.717) is 29.4 Å². The van der Waals surface area contributed by atoms with E-state index in [2.05, 4.69) is 10.6 Å². The van der Waals surface area contributed by atoms with Crippen molar-refractivity contribution in [2.45, 2.75) is 6.42 Å². The summed E-state index contributed by atoms with van der Waals surface area (Å²) in [6, 6.07) is 12.9. The second-order valence-electron chi connectivity index (χ2n) is 5.31. The molecule has 0 aliphatic rings. The molecule has 2 aromatic rings. The van der Waals surface area contributed by atoms with Gasteiger partial charge in [0.25, 0.3) is 5.91 Å². The zero-order valence-electron chi connectivity index (χ0n) is 14.1. The lowest BCUT2D eigenvalue weighted by atomic mass is 10.1. The highest BCUT2D eigenvalue weighted by Gasteiger charge is 2.10. The highest BCUT2D eigenvalue weighted by molar-refractivity contribution is 6.32. The van der Waals surface area contributed by atoms with E-state index in [4.69, 9.17) is 21.6 Å². The number of hydrogen-bond acceptors (Lipinski definition) is 4. The number of carbonyl (C=O) groups excluding carboxylic acids is 1. The Kier molecular flexibility index (Phi) is 7.01. The number of anilines is 1. The topological polar surface area (TPSA) is 74.1 Å². The maximum Gasteiger partial charge on any atom is 0.267 e. The van der Waals surface area contributed by atoms with Gasteiger partial charge in [0.1, 0.15) is 23.2 Å².